The van der Waals surface area contributed by atoms with Crippen LogP contribution in [0.1, 0.15) is 35.2 Å². The summed E-state index contributed by atoms with van der Waals surface area (Å²) in [6, 6.07) is 7.51. The first kappa shape index (κ1) is 20.4. The molecule has 3 rings (SSSR count). The number of carbonyl (C=O) groups is 2. The Hall–Kier alpha value is -2.38. The van der Waals surface area contributed by atoms with E-state index in [1.807, 2.05) is 24.3 Å². The molecule has 2 aromatic rings. The molecule has 7 nitrogen and oxygen atoms in total. The zero-order valence-electron chi connectivity index (χ0n) is 15.8. The van der Waals surface area contributed by atoms with E-state index in [9.17, 15) is 9.59 Å². The summed E-state index contributed by atoms with van der Waals surface area (Å²) in [6.45, 7) is 0.563. The lowest BCUT2D eigenvalue weighted by molar-refractivity contribution is -0.127. The van der Waals surface area contributed by atoms with Crippen LogP contribution in [0.2, 0.25) is 5.02 Å². The van der Waals surface area contributed by atoms with Crippen molar-refractivity contribution in [1.82, 2.24) is 20.8 Å². The number of nitrogens with zero attached hydrogens (tertiary/aromatic N) is 1. The van der Waals surface area contributed by atoms with Gasteiger partial charge in [-0.2, -0.15) is 5.10 Å². The van der Waals surface area contributed by atoms with Crippen LogP contribution < -0.4 is 10.6 Å². The Morgan fingerprint density at radius 3 is 2.93 bits per heavy atom. The molecule has 1 heterocycles. The third-order valence-electron chi connectivity index (χ3n) is 5.14. The van der Waals surface area contributed by atoms with Crippen LogP contribution in [-0.4, -0.2) is 47.8 Å². The molecule has 1 aromatic carbocycles. The van der Waals surface area contributed by atoms with Crippen molar-refractivity contribution in [2.75, 3.05) is 13.7 Å². The molecular weight excluding hydrogens is 380 g/mol. The largest absolute Gasteiger partial charge is 0.379 e. The fraction of sp³-hybridized carbons (Fsp3) is 0.450. The van der Waals surface area contributed by atoms with Gasteiger partial charge in [0.05, 0.1) is 23.9 Å². The molecule has 3 N–H and O–H groups in total. The van der Waals surface area contributed by atoms with E-state index in [0.717, 1.165) is 12.0 Å². The van der Waals surface area contributed by atoms with Crippen molar-refractivity contribution >= 4 is 23.4 Å². The van der Waals surface area contributed by atoms with Crippen molar-refractivity contribution in [2.24, 2.45) is 5.92 Å². The molecule has 1 aromatic heterocycles. The van der Waals surface area contributed by atoms with Crippen molar-refractivity contribution in [3.63, 3.8) is 0 Å². The summed E-state index contributed by atoms with van der Waals surface area (Å²) < 4.78 is 5.56. The molecule has 1 saturated carbocycles. The van der Waals surface area contributed by atoms with Crippen LogP contribution in [0, 0.1) is 5.92 Å². The smallest absolute Gasteiger partial charge is 0.254 e. The van der Waals surface area contributed by atoms with Gasteiger partial charge in [-0.05, 0) is 43.4 Å². The molecule has 28 heavy (non-hydrogen) atoms. The Morgan fingerprint density at radius 2 is 2.21 bits per heavy atom. The monoisotopic (exact) mass is 404 g/mol. The van der Waals surface area contributed by atoms with Gasteiger partial charge in [-0.1, -0.05) is 23.7 Å². The predicted octanol–water partition coefficient (Wildman–Crippen LogP) is 2.34. The fourth-order valence-electron chi connectivity index (χ4n) is 3.59. The summed E-state index contributed by atoms with van der Waals surface area (Å²) in [7, 11) is 1.61. The molecule has 0 saturated heterocycles. The first-order valence-corrected chi connectivity index (χ1v) is 9.79. The zero-order valence-corrected chi connectivity index (χ0v) is 16.5. The van der Waals surface area contributed by atoms with E-state index in [1.54, 1.807) is 13.3 Å². The lowest BCUT2D eigenvalue weighted by atomic mass is 9.83. The maximum atomic E-state index is 12.5. The molecule has 3 atom stereocenters. The molecule has 0 aliphatic heterocycles. The highest BCUT2D eigenvalue weighted by Gasteiger charge is 2.34. The molecular formula is C20H25ClN4O3. The van der Waals surface area contributed by atoms with Gasteiger partial charge in [0.2, 0.25) is 5.91 Å². The van der Waals surface area contributed by atoms with Gasteiger partial charge in [-0.15, -0.1) is 0 Å². The van der Waals surface area contributed by atoms with Gasteiger partial charge in [0.1, 0.15) is 0 Å². The van der Waals surface area contributed by atoms with Gasteiger partial charge in [-0.3, -0.25) is 14.7 Å². The van der Waals surface area contributed by atoms with Crippen molar-refractivity contribution in [3.8, 4) is 0 Å². The predicted molar refractivity (Wildman–Crippen MR) is 106 cm³/mol. The molecule has 1 aliphatic carbocycles. The number of H-pyrrole nitrogens is 1. The third-order valence-corrected chi connectivity index (χ3v) is 5.38. The number of rotatable bonds is 7. The minimum Gasteiger partial charge on any atom is -0.379 e. The molecule has 2 amide bonds. The molecule has 0 radical (unpaired) electrons. The third kappa shape index (κ3) is 5.33. The van der Waals surface area contributed by atoms with E-state index in [1.165, 1.54) is 6.20 Å². The second-order valence-corrected chi connectivity index (χ2v) is 7.46. The van der Waals surface area contributed by atoms with Crippen LogP contribution in [0.25, 0.3) is 0 Å². The Balaban J connectivity index is 1.47. The van der Waals surface area contributed by atoms with Gasteiger partial charge < -0.3 is 15.4 Å². The van der Waals surface area contributed by atoms with Gasteiger partial charge in [0.15, 0.2) is 0 Å². The molecule has 1 fully saturated rings. The first-order valence-electron chi connectivity index (χ1n) is 9.41. The molecule has 150 valence electrons. The van der Waals surface area contributed by atoms with Crippen molar-refractivity contribution in [3.05, 3.63) is 52.8 Å². The number of hydrogen-bond donors (Lipinski definition) is 3. The highest BCUT2D eigenvalue weighted by Crippen LogP contribution is 2.27. The Bertz CT molecular complexity index is 797. The van der Waals surface area contributed by atoms with Crippen molar-refractivity contribution in [1.29, 1.82) is 0 Å². The maximum Gasteiger partial charge on any atom is 0.254 e. The van der Waals surface area contributed by atoms with E-state index in [4.69, 9.17) is 16.3 Å². The average Bonchev–Trinajstić information content (AvgIpc) is 3.23. The number of carbonyl (C=O) groups excluding carboxylic acids is 2. The van der Waals surface area contributed by atoms with Gasteiger partial charge in [-0.25, -0.2) is 0 Å². The van der Waals surface area contributed by atoms with Gasteiger partial charge in [0, 0.05) is 30.8 Å². The number of halogens is 1. The topological polar surface area (TPSA) is 96.1 Å². The van der Waals surface area contributed by atoms with Crippen LogP contribution >= 0.6 is 11.6 Å². The number of aromatic nitrogens is 2. The number of methoxy groups -OCH3 is 1. The first-order chi connectivity index (χ1) is 13.6. The molecule has 8 heteroatoms. The van der Waals surface area contributed by atoms with E-state index in [2.05, 4.69) is 20.8 Å². The lowest BCUT2D eigenvalue weighted by Gasteiger charge is -2.35. The number of ether oxygens (including phenoxy) is 1. The maximum absolute atomic E-state index is 12.5. The number of hydrogen-bond acceptors (Lipinski definition) is 4. The van der Waals surface area contributed by atoms with Crippen LogP contribution in [0.3, 0.4) is 0 Å². The van der Waals surface area contributed by atoms with Gasteiger partial charge in [0.25, 0.3) is 5.91 Å². The van der Waals surface area contributed by atoms with Crippen LogP contribution in [0.15, 0.2) is 36.7 Å². The Labute approximate surface area is 169 Å². The molecule has 0 spiro atoms. The minimum absolute atomic E-state index is 0.0312. The normalized spacial score (nSPS) is 21.9. The summed E-state index contributed by atoms with van der Waals surface area (Å²) in [5.41, 5.74) is 1.57. The summed E-state index contributed by atoms with van der Waals surface area (Å²) in [5, 5.41) is 13.1. The molecule has 0 unspecified atom stereocenters. The number of nitrogens with one attached hydrogen (secondary N) is 3. The van der Waals surface area contributed by atoms with E-state index in [0.29, 0.717) is 36.4 Å². The lowest BCUT2D eigenvalue weighted by Crippen LogP contribution is -2.49. The van der Waals surface area contributed by atoms with Crippen LogP contribution in [0.5, 0.6) is 0 Å². The zero-order chi connectivity index (χ0) is 19.9. The minimum atomic E-state index is -0.201. The standard InChI is InChI=1S/C20H25ClN4O3/c1-28-18-10-14(5-6-17(18)25-20(27)15-11-23-24-12-15)19(26)22-8-7-13-3-2-4-16(21)9-13/h2-4,9,11-12,14,17-18H,5-8,10H2,1H3,(H,22,26)(H,23,24)(H,25,27)/t14-,17-,18-/m0/s1. The Morgan fingerprint density at radius 1 is 1.36 bits per heavy atom. The van der Waals surface area contributed by atoms with Crippen molar-refractivity contribution < 1.29 is 14.3 Å². The summed E-state index contributed by atoms with van der Waals surface area (Å²) in [5.74, 6) is -0.277. The molecule has 1 aliphatic rings. The van der Waals surface area contributed by atoms with Crippen LogP contribution in [0.4, 0.5) is 0 Å². The van der Waals surface area contributed by atoms with E-state index < -0.39 is 0 Å². The Kier molecular flexibility index (Phi) is 7.06. The highest BCUT2D eigenvalue weighted by atomic mass is 35.5. The SMILES string of the molecule is CO[C@H]1C[C@@H](C(=O)NCCc2cccc(Cl)c2)CC[C@@H]1NC(=O)c1cn[nH]c1. The number of aromatic amines is 1. The quantitative estimate of drug-likeness (QED) is 0.659. The average molecular weight is 405 g/mol. The number of benzene rings is 1. The molecule has 0 bridgehead atoms. The van der Waals surface area contributed by atoms with Crippen molar-refractivity contribution in [2.45, 2.75) is 37.8 Å². The fourth-order valence-corrected chi connectivity index (χ4v) is 3.80. The second kappa shape index (κ2) is 9.71. The van der Waals surface area contributed by atoms with Crippen LogP contribution in [-0.2, 0) is 16.0 Å². The number of amides is 2. The summed E-state index contributed by atoms with van der Waals surface area (Å²) in [6.07, 6.45) is 5.54. The van der Waals surface area contributed by atoms with Gasteiger partial charge >= 0.3 is 0 Å². The summed E-state index contributed by atoms with van der Waals surface area (Å²) in [4.78, 5) is 24.8. The second-order valence-electron chi connectivity index (χ2n) is 7.02. The highest BCUT2D eigenvalue weighted by molar-refractivity contribution is 6.30. The van der Waals surface area contributed by atoms with E-state index in [-0.39, 0.29) is 29.9 Å². The summed E-state index contributed by atoms with van der Waals surface area (Å²) >= 11 is 5.99. The van der Waals surface area contributed by atoms with E-state index >= 15 is 0 Å².